The van der Waals surface area contributed by atoms with E-state index in [-0.39, 0.29) is 18.0 Å². The summed E-state index contributed by atoms with van der Waals surface area (Å²) in [6, 6.07) is 5.76. The zero-order valence-electron chi connectivity index (χ0n) is 17.4. The number of hydrogen-bond acceptors (Lipinski definition) is 4. The second-order valence-corrected chi connectivity index (χ2v) is 7.85. The van der Waals surface area contributed by atoms with Gasteiger partial charge in [0.15, 0.2) is 5.96 Å². The molecular weight excluding hydrogens is 359 g/mol. The maximum atomic E-state index is 12.9. The molecule has 1 fully saturated rings. The van der Waals surface area contributed by atoms with Gasteiger partial charge in [0.2, 0.25) is 0 Å². The fraction of sp³-hybridized carbons (Fsp3) is 0.667. The average Bonchev–Trinajstić information content (AvgIpc) is 2.70. The Morgan fingerprint density at radius 3 is 2.54 bits per heavy atom. The molecule has 1 unspecified atom stereocenters. The topological polar surface area (TPSA) is 69.1 Å². The van der Waals surface area contributed by atoms with Crippen LogP contribution in [0.4, 0.5) is 4.39 Å². The Labute approximate surface area is 168 Å². The van der Waals surface area contributed by atoms with Gasteiger partial charge in [-0.15, -0.1) is 0 Å². The third kappa shape index (κ3) is 7.64. The van der Waals surface area contributed by atoms with Crippen molar-refractivity contribution >= 4 is 5.96 Å². The van der Waals surface area contributed by atoms with Crippen LogP contribution in [0.5, 0.6) is 5.75 Å². The van der Waals surface area contributed by atoms with Gasteiger partial charge in [-0.25, -0.2) is 4.39 Å². The van der Waals surface area contributed by atoms with Gasteiger partial charge in [-0.2, -0.15) is 0 Å². The molecule has 1 aromatic carbocycles. The number of piperidine rings is 1. The van der Waals surface area contributed by atoms with Gasteiger partial charge in [0.1, 0.15) is 24.3 Å². The van der Waals surface area contributed by atoms with Crippen molar-refractivity contribution in [2.75, 3.05) is 39.3 Å². The molecule has 1 aliphatic heterocycles. The van der Waals surface area contributed by atoms with Crippen LogP contribution in [-0.4, -0.2) is 66.9 Å². The molecule has 0 bridgehead atoms. The summed E-state index contributed by atoms with van der Waals surface area (Å²) in [6.45, 7) is 10.6. The van der Waals surface area contributed by atoms with Crippen LogP contribution >= 0.6 is 0 Å². The zero-order valence-corrected chi connectivity index (χ0v) is 17.4. The Morgan fingerprint density at radius 1 is 1.21 bits per heavy atom. The number of aliphatic imine (C=N–C) groups is 1. The molecule has 2 rings (SSSR count). The standard InChI is InChI=1S/C21H35FN4O2/c1-4-23-20(25-16-21(2,3)26-12-6-5-7-13-26)24-14-18(27)15-28-19-10-8-17(22)9-11-19/h8-11,18,27H,4-7,12-16H2,1-3H3,(H2,23,24,25). The van der Waals surface area contributed by atoms with Crippen LogP contribution < -0.4 is 15.4 Å². The first-order valence-electron chi connectivity index (χ1n) is 10.2. The Balaban J connectivity index is 1.80. The Kier molecular flexibility index (Phi) is 8.99. The SMILES string of the molecule is CCNC(=NCC(C)(C)N1CCCCC1)NCC(O)COc1ccc(F)cc1. The minimum absolute atomic E-state index is 0.00703. The van der Waals surface area contributed by atoms with E-state index in [4.69, 9.17) is 9.73 Å². The molecule has 0 aliphatic carbocycles. The van der Waals surface area contributed by atoms with Crippen LogP contribution in [-0.2, 0) is 0 Å². The van der Waals surface area contributed by atoms with E-state index in [9.17, 15) is 9.50 Å². The number of aliphatic hydroxyl groups excluding tert-OH is 1. The van der Waals surface area contributed by atoms with Crippen molar-refractivity contribution in [2.45, 2.75) is 51.7 Å². The lowest BCUT2D eigenvalue weighted by Crippen LogP contribution is -2.50. The summed E-state index contributed by atoms with van der Waals surface area (Å²) in [4.78, 5) is 7.23. The van der Waals surface area contributed by atoms with Gasteiger partial charge in [-0.1, -0.05) is 6.42 Å². The molecule has 1 aromatic rings. The third-order valence-electron chi connectivity index (χ3n) is 4.94. The summed E-state index contributed by atoms with van der Waals surface area (Å²) in [5.41, 5.74) is 0.00703. The quantitative estimate of drug-likeness (QED) is 0.443. The molecule has 28 heavy (non-hydrogen) atoms. The van der Waals surface area contributed by atoms with Gasteiger partial charge in [-0.3, -0.25) is 9.89 Å². The van der Waals surface area contributed by atoms with Crippen molar-refractivity contribution < 1.29 is 14.2 Å². The van der Waals surface area contributed by atoms with Crippen LogP contribution in [0, 0.1) is 5.82 Å². The first kappa shape index (κ1) is 22.4. The maximum Gasteiger partial charge on any atom is 0.191 e. The van der Waals surface area contributed by atoms with E-state index < -0.39 is 6.10 Å². The lowest BCUT2D eigenvalue weighted by Gasteiger charge is -2.40. The molecule has 0 radical (unpaired) electrons. The zero-order chi connectivity index (χ0) is 20.4. The van der Waals surface area contributed by atoms with Crippen molar-refractivity contribution in [1.29, 1.82) is 0 Å². The van der Waals surface area contributed by atoms with Crippen molar-refractivity contribution in [3.63, 3.8) is 0 Å². The van der Waals surface area contributed by atoms with Gasteiger partial charge < -0.3 is 20.5 Å². The first-order chi connectivity index (χ1) is 13.4. The van der Waals surface area contributed by atoms with E-state index in [0.717, 1.165) is 19.6 Å². The van der Waals surface area contributed by atoms with Crippen LogP contribution in [0.2, 0.25) is 0 Å². The normalized spacial score (nSPS) is 17.2. The lowest BCUT2D eigenvalue weighted by molar-refractivity contribution is 0.102. The number of ether oxygens (including phenoxy) is 1. The number of likely N-dealkylation sites (tertiary alicyclic amines) is 1. The Bertz CT molecular complexity index is 601. The van der Waals surface area contributed by atoms with Crippen molar-refractivity contribution in [2.24, 2.45) is 4.99 Å². The van der Waals surface area contributed by atoms with Gasteiger partial charge in [0.05, 0.1) is 6.54 Å². The molecule has 6 nitrogen and oxygen atoms in total. The number of nitrogens with zero attached hydrogens (tertiary/aromatic N) is 2. The number of guanidine groups is 1. The van der Waals surface area contributed by atoms with Crippen LogP contribution in [0.15, 0.2) is 29.3 Å². The van der Waals surface area contributed by atoms with E-state index in [1.807, 2.05) is 6.92 Å². The minimum atomic E-state index is -0.705. The fourth-order valence-electron chi connectivity index (χ4n) is 3.21. The predicted octanol–water partition coefficient (Wildman–Crippen LogP) is 2.39. The summed E-state index contributed by atoms with van der Waals surface area (Å²) < 4.78 is 18.4. The number of aliphatic hydroxyl groups is 1. The molecule has 1 atom stereocenters. The highest BCUT2D eigenvalue weighted by Crippen LogP contribution is 2.20. The summed E-state index contributed by atoms with van der Waals surface area (Å²) in [6.07, 6.45) is 3.12. The summed E-state index contributed by atoms with van der Waals surface area (Å²) >= 11 is 0. The van der Waals surface area contributed by atoms with Gasteiger partial charge in [0, 0.05) is 18.6 Å². The van der Waals surface area contributed by atoms with E-state index >= 15 is 0 Å². The van der Waals surface area contributed by atoms with E-state index in [0.29, 0.717) is 24.8 Å². The van der Waals surface area contributed by atoms with Crippen molar-refractivity contribution in [3.05, 3.63) is 30.1 Å². The highest BCUT2D eigenvalue weighted by Gasteiger charge is 2.27. The van der Waals surface area contributed by atoms with E-state index in [1.54, 1.807) is 12.1 Å². The molecule has 3 N–H and O–H groups in total. The maximum absolute atomic E-state index is 12.9. The molecule has 0 saturated carbocycles. The largest absolute Gasteiger partial charge is 0.491 e. The summed E-state index contributed by atoms with van der Waals surface area (Å²) in [5, 5.41) is 16.6. The number of hydrogen-bond donors (Lipinski definition) is 3. The van der Waals surface area contributed by atoms with Crippen LogP contribution in [0.25, 0.3) is 0 Å². The molecule has 0 spiro atoms. The van der Waals surface area contributed by atoms with E-state index in [2.05, 4.69) is 29.4 Å². The first-order valence-corrected chi connectivity index (χ1v) is 10.2. The van der Waals surface area contributed by atoms with Crippen molar-refractivity contribution in [1.82, 2.24) is 15.5 Å². The second kappa shape index (κ2) is 11.2. The molecule has 0 amide bonds. The average molecular weight is 395 g/mol. The lowest BCUT2D eigenvalue weighted by atomic mass is 9.99. The number of rotatable bonds is 9. The molecule has 1 heterocycles. The van der Waals surface area contributed by atoms with Crippen LogP contribution in [0.3, 0.4) is 0 Å². The second-order valence-electron chi connectivity index (χ2n) is 7.85. The monoisotopic (exact) mass is 394 g/mol. The molecule has 7 heteroatoms. The van der Waals surface area contributed by atoms with Gasteiger partial charge >= 0.3 is 0 Å². The highest BCUT2D eigenvalue weighted by atomic mass is 19.1. The molecule has 158 valence electrons. The Hall–Kier alpha value is -1.86. The summed E-state index contributed by atoms with van der Waals surface area (Å²) in [5.74, 6) is 0.909. The fourth-order valence-corrected chi connectivity index (χ4v) is 3.21. The third-order valence-corrected chi connectivity index (χ3v) is 4.94. The number of halogens is 1. The molecule has 1 saturated heterocycles. The summed E-state index contributed by atoms with van der Waals surface area (Å²) in [7, 11) is 0. The minimum Gasteiger partial charge on any atom is -0.491 e. The van der Waals surface area contributed by atoms with Gasteiger partial charge in [0.25, 0.3) is 0 Å². The predicted molar refractivity (Wildman–Crippen MR) is 111 cm³/mol. The van der Waals surface area contributed by atoms with Crippen molar-refractivity contribution in [3.8, 4) is 5.75 Å². The number of benzene rings is 1. The van der Waals surface area contributed by atoms with Crippen LogP contribution in [0.1, 0.15) is 40.0 Å². The molecular formula is C21H35FN4O2. The Morgan fingerprint density at radius 2 is 1.89 bits per heavy atom. The molecule has 0 aromatic heterocycles. The van der Waals surface area contributed by atoms with E-state index in [1.165, 1.54) is 31.4 Å². The smallest absolute Gasteiger partial charge is 0.191 e. The van der Waals surface area contributed by atoms with Gasteiger partial charge in [-0.05, 0) is 71.0 Å². The molecule has 1 aliphatic rings. The number of nitrogens with one attached hydrogen (secondary N) is 2. The highest BCUT2D eigenvalue weighted by molar-refractivity contribution is 5.79.